The lowest BCUT2D eigenvalue weighted by molar-refractivity contribution is -0.117. The highest BCUT2D eigenvalue weighted by Gasteiger charge is 2.21. The molecule has 1 saturated heterocycles. The maximum atomic E-state index is 13.7. The van der Waals surface area contributed by atoms with Gasteiger partial charge in [0.2, 0.25) is 5.91 Å². The van der Waals surface area contributed by atoms with Crippen molar-refractivity contribution in [3.05, 3.63) is 58.9 Å². The maximum absolute atomic E-state index is 13.7. The largest absolute Gasteiger partial charge is 0.346 e. The lowest BCUT2D eigenvalue weighted by atomic mass is 10.1. The fourth-order valence-electron chi connectivity index (χ4n) is 3.26. The molecule has 2 aromatic rings. The van der Waals surface area contributed by atoms with Gasteiger partial charge in [-0.25, -0.2) is 4.39 Å². The number of rotatable bonds is 4. The van der Waals surface area contributed by atoms with Crippen LogP contribution in [0.3, 0.4) is 0 Å². The molecular formula is C22H27FN4OS. The number of thiocarbonyl (C=S) groups is 1. The summed E-state index contributed by atoms with van der Waals surface area (Å²) < 4.78 is 13.7. The first-order chi connectivity index (χ1) is 13.8. The van der Waals surface area contributed by atoms with Crippen molar-refractivity contribution in [2.45, 2.75) is 20.8 Å². The average molecular weight is 415 g/mol. The second-order valence-electron chi connectivity index (χ2n) is 7.45. The van der Waals surface area contributed by atoms with Crippen LogP contribution < -0.4 is 10.6 Å². The molecular weight excluding hydrogens is 387 g/mol. The molecule has 0 aliphatic carbocycles. The molecule has 7 heteroatoms. The number of anilines is 2. The number of nitrogens with zero attached hydrogens (tertiary/aromatic N) is 2. The van der Waals surface area contributed by atoms with Crippen molar-refractivity contribution in [3.8, 4) is 0 Å². The van der Waals surface area contributed by atoms with Crippen LogP contribution >= 0.6 is 12.2 Å². The Morgan fingerprint density at radius 2 is 1.76 bits per heavy atom. The number of nitrogens with one attached hydrogen (secondary N) is 2. The zero-order valence-corrected chi connectivity index (χ0v) is 17.9. The molecule has 5 nitrogen and oxygen atoms in total. The van der Waals surface area contributed by atoms with E-state index in [2.05, 4.69) is 15.5 Å². The van der Waals surface area contributed by atoms with Crippen molar-refractivity contribution < 1.29 is 9.18 Å². The Hall–Kier alpha value is -2.51. The minimum atomic E-state index is -0.252. The Bertz CT molecular complexity index is 910. The van der Waals surface area contributed by atoms with Gasteiger partial charge in [-0.2, -0.15) is 0 Å². The predicted octanol–water partition coefficient (Wildman–Crippen LogP) is 3.70. The monoisotopic (exact) mass is 414 g/mol. The predicted molar refractivity (Wildman–Crippen MR) is 120 cm³/mol. The molecule has 0 bridgehead atoms. The first-order valence-electron chi connectivity index (χ1n) is 9.74. The van der Waals surface area contributed by atoms with Crippen molar-refractivity contribution in [1.29, 1.82) is 0 Å². The smallest absolute Gasteiger partial charge is 0.238 e. The Morgan fingerprint density at radius 3 is 2.45 bits per heavy atom. The molecule has 0 unspecified atom stereocenters. The van der Waals surface area contributed by atoms with Gasteiger partial charge in [0.25, 0.3) is 0 Å². The molecule has 0 spiro atoms. The molecule has 2 aromatic carbocycles. The Balaban J connectivity index is 1.47. The summed E-state index contributed by atoms with van der Waals surface area (Å²) in [5.41, 5.74) is 4.37. The van der Waals surface area contributed by atoms with Crippen LogP contribution in [-0.4, -0.2) is 53.5 Å². The number of halogens is 1. The molecule has 1 heterocycles. The zero-order valence-electron chi connectivity index (χ0n) is 17.1. The van der Waals surface area contributed by atoms with Gasteiger partial charge in [-0.05, 0) is 67.9 Å². The van der Waals surface area contributed by atoms with E-state index in [1.165, 1.54) is 6.07 Å². The van der Waals surface area contributed by atoms with Crippen LogP contribution in [0.25, 0.3) is 0 Å². The number of benzene rings is 2. The fourth-order valence-corrected chi connectivity index (χ4v) is 3.56. The van der Waals surface area contributed by atoms with E-state index in [-0.39, 0.29) is 11.7 Å². The van der Waals surface area contributed by atoms with E-state index >= 15 is 0 Å². The molecule has 1 fully saturated rings. The van der Waals surface area contributed by atoms with Gasteiger partial charge < -0.3 is 15.5 Å². The second kappa shape index (κ2) is 9.33. The van der Waals surface area contributed by atoms with Crippen LogP contribution in [0.15, 0.2) is 36.4 Å². The topological polar surface area (TPSA) is 47.6 Å². The molecule has 0 saturated carbocycles. The van der Waals surface area contributed by atoms with Crippen LogP contribution in [0.4, 0.5) is 15.8 Å². The minimum absolute atomic E-state index is 0.0111. The highest BCUT2D eigenvalue weighted by Crippen LogP contribution is 2.18. The fraction of sp³-hybridized carbons (Fsp3) is 0.364. The normalized spacial score (nSPS) is 14.6. The highest BCUT2D eigenvalue weighted by atomic mass is 32.1. The highest BCUT2D eigenvalue weighted by molar-refractivity contribution is 7.80. The van der Waals surface area contributed by atoms with E-state index < -0.39 is 0 Å². The molecule has 29 heavy (non-hydrogen) atoms. The van der Waals surface area contributed by atoms with Crippen LogP contribution in [-0.2, 0) is 4.79 Å². The summed E-state index contributed by atoms with van der Waals surface area (Å²) in [5.74, 6) is -0.263. The Kier molecular flexibility index (Phi) is 6.82. The molecule has 1 aliphatic heterocycles. The van der Waals surface area contributed by atoms with Crippen LogP contribution in [0.1, 0.15) is 16.7 Å². The van der Waals surface area contributed by atoms with Gasteiger partial charge in [-0.1, -0.05) is 18.2 Å². The molecule has 0 aromatic heterocycles. The first kappa shape index (κ1) is 21.2. The second-order valence-corrected chi connectivity index (χ2v) is 7.84. The van der Waals surface area contributed by atoms with E-state index in [1.54, 1.807) is 13.0 Å². The Morgan fingerprint density at radius 1 is 1.03 bits per heavy atom. The van der Waals surface area contributed by atoms with Crippen LogP contribution in [0.2, 0.25) is 0 Å². The number of hydrogen-bond acceptors (Lipinski definition) is 3. The van der Waals surface area contributed by atoms with Gasteiger partial charge in [0.1, 0.15) is 5.82 Å². The van der Waals surface area contributed by atoms with Gasteiger partial charge in [0.05, 0.1) is 6.54 Å². The molecule has 154 valence electrons. The van der Waals surface area contributed by atoms with Crippen molar-refractivity contribution in [2.24, 2.45) is 0 Å². The number of carbonyl (C=O) groups is 1. The molecule has 1 amide bonds. The Labute approximate surface area is 176 Å². The van der Waals surface area contributed by atoms with E-state index in [1.807, 2.05) is 43.0 Å². The van der Waals surface area contributed by atoms with Crippen molar-refractivity contribution in [3.63, 3.8) is 0 Å². The minimum Gasteiger partial charge on any atom is -0.346 e. The molecule has 3 rings (SSSR count). The summed E-state index contributed by atoms with van der Waals surface area (Å²) in [6, 6.07) is 10.9. The first-order valence-corrected chi connectivity index (χ1v) is 10.1. The van der Waals surface area contributed by atoms with E-state index in [0.717, 1.165) is 43.0 Å². The number of amides is 1. The van der Waals surface area contributed by atoms with Gasteiger partial charge in [0.15, 0.2) is 5.11 Å². The van der Waals surface area contributed by atoms with Crippen molar-refractivity contribution in [1.82, 2.24) is 9.80 Å². The van der Waals surface area contributed by atoms with Gasteiger partial charge in [0, 0.05) is 37.6 Å². The standard InChI is InChI=1S/C22H27FN4OS/c1-15-5-4-6-20(17(15)3)25-21(28)14-26-9-11-27(12-10-26)22(29)24-18-8-7-16(2)19(23)13-18/h4-8,13H,9-12,14H2,1-3H3,(H,24,29)(H,25,28). The maximum Gasteiger partial charge on any atom is 0.238 e. The average Bonchev–Trinajstić information content (AvgIpc) is 2.69. The number of aryl methyl sites for hydroxylation is 2. The number of piperazine rings is 1. The third kappa shape index (κ3) is 5.52. The van der Waals surface area contributed by atoms with Crippen LogP contribution in [0, 0.1) is 26.6 Å². The number of hydrogen-bond donors (Lipinski definition) is 2. The van der Waals surface area contributed by atoms with E-state index in [4.69, 9.17) is 12.2 Å². The van der Waals surface area contributed by atoms with E-state index in [0.29, 0.717) is 22.9 Å². The van der Waals surface area contributed by atoms with Gasteiger partial charge in [-0.3, -0.25) is 9.69 Å². The lowest BCUT2D eigenvalue weighted by Gasteiger charge is -2.35. The molecule has 0 radical (unpaired) electrons. The SMILES string of the molecule is Cc1ccc(NC(=S)N2CCN(CC(=O)Nc3cccc(C)c3C)CC2)cc1F. The molecule has 0 atom stereocenters. The van der Waals surface area contributed by atoms with E-state index in [9.17, 15) is 9.18 Å². The molecule has 1 aliphatic rings. The summed E-state index contributed by atoms with van der Waals surface area (Å²) in [7, 11) is 0. The summed E-state index contributed by atoms with van der Waals surface area (Å²) in [5, 5.41) is 6.68. The number of carbonyl (C=O) groups excluding carboxylic acids is 1. The third-order valence-electron chi connectivity index (χ3n) is 5.33. The van der Waals surface area contributed by atoms with Crippen molar-refractivity contribution >= 4 is 34.6 Å². The van der Waals surface area contributed by atoms with Gasteiger partial charge >= 0.3 is 0 Å². The lowest BCUT2D eigenvalue weighted by Crippen LogP contribution is -2.51. The van der Waals surface area contributed by atoms with Crippen LogP contribution in [0.5, 0.6) is 0 Å². The summed E-state index contributed by atoms with van der Waals surface area (Å²) in [6.07, 6.45) is 0. The summed E-state index contributed by atoms with van der Waals surface area (Å²) in [4.78, 5) is 16.6. The quantitative estimate of drug-likeness (QED) is 0.747. The molecule has 2 N–H and O–H groups in total. The summed E-state index contributed by atoms with van der Waals surface area (Å²) in [6.45, 7) is 9.05. The zero-order chi connectivity index (χ0) is 21.0. The third-order valence-corrected chi connectivity index (χ3v) is 5.69. The van der Waals surface area contributed by atoms with Gasteiger partial charge in [-0.15, -0.1) is 0 Å². The summed E-state index contributed by atoms with van der Waals surface area (Å²) >= 11 is 5.47. The van der Waals surface area contributed by atoms with Crippen molar-refractivity contribution in [2.75, 3.05) is 43.4 Å².